The summed E-state index contributed by atoms with van der Waals surface area (Å²) in [6, 6.07) is 14.3. The maximum atomic E-state index is 13.9. The SMILES string of the molecule is COc1cc[n+](O)c(C(=O)N[C@@H](C)C(=O)O[C@@H](C)[C@@H](c2ccccc2)c2ccc(F)c(C)c2)c1O. The van der Waals surface area contributed by atoms with Gasteiger partial charge in [0, 0.05) is 10.6 Å². The molecular weight excluding hydrogens is 455 g/mol. The van der Waals surface area contributed by atoms with Gasteiger partial charge in [-0.15, -0.1) is 0 Å². The number of ether oxygens (including phenoxy) is 2. The number of nitrogens with one attached hydrogen (secondary N) is 1. The molecule has 3 rings (SSSR count). The highest BCUT2D eigenvalue weighted by Gasteiger charge is 2.33. The maximum Gasteiger partial charge on any atom is 0.366 e. The molecule has 0 saturated heterocycles. The van der Waals surface area contributed by atoms with Crippen molar-refractivity contribution >= 4 is 11.9 Å². The molecular formula is C26H28FN2O6+. The van der Waals surface area contributed by atoms with E-state index in [1.165, 1.54) is 26.2 Å². The summed E-state index contributed by atoms with van der Waals surface area (Å²) >= 11 is 0. The minimum absolute atomic E-state index is 0.0235. The summed E-state index contributed by atoms with van der Waals surface area (Å²) in [6.07, 6.45) is 0.454. The molecule has 35 heavy (non-hydrogen) atoms. The molecule has 0 spiro atoms. The van der Waals surface area contributed by atoms with Crippen LogP contribution in [0.3, 0.4) is 0 Å². The molecule has 184 valence electrons. The Kier molecular flexibility index (Phi) is 7.91. The van der Waals surface area contributed by atoms with Crippen molar-refractivity contribution in [2.45, 2.75) is 38.8 Å². The van der Waals surface area contributed by atoms with Crippen molar-refractivity contribution in [2.24, 2.45) is 0 Å². The summed E-state index contributed by atoms with van der Waals surface area (Å²) in [7, 11) is 1.30. The molecule has 0 aliphatic heterocycles. The van der Waals surface area contributed by atoms with Crippen molar-refractivity contribution in [3.8, 4) is 11.5 Å². The van der Waals surface area contributed by atoms with Crippen molar-refractivity contribution in [1.29, 1.82) is 0 Å². The second kappa shape index (κ2) is 10.9. The Balaban J connectivity index is 1.79. The third-order valence-electron chi connectivity index (χ3n) is 5.66. The number of esters is 1. The van der Waals surface area contributed by atoms with Gasteiger partial charge in [0.25, 0.3) is 0 Å². The van der Waals surface area contributed by atoms with Crippen LogP contribution in [0.5, 0.6) is 11.5 Å². The van der Waals surface area contributed by atoms with E-state index in [-0.39, 0.29) is 17.5 Å². The summed E-state index contributed by atoms with van der Waals surface area (Å²) < 4.78 is 24.9. The number of aromatic hydroxyl groups is 1. The summed E-state index contributed by atoms with van der Waals surface area (Å²) in [5.74, 6) is -2.95. The fourth-order valence-corrected chi connectivity index (χ4v) is 3.83. The van der Waals surface area contributed by atoms with Crippen LogP contribution < -0.4 is 14.8 Å². The molecule has 2 aromatic carbocycles. The molecule has 0 unspecified atom stereocenters. The number of hydrogen-bond donors (Lipinski definition) is 3. The van der Waals surface area contributed by atoms with E-state index < -0.39 is 35.5 Å². The molecule has 3 N–H and O–H groups in total. The average Bonchev–Trinajstić information content (AvgIpc) is 2.82. The Bertz CT molecular complexity index is 1220. The molecule has 0 fully saturated rings. The van der Waals surface area contributed by atoms with Crippen molar-refractivity contribution in [3.05, 3.63) is 89.0 Å². The zero-order chi connectivity index (χ0) is 25.7. The molecule has 8 nitrogen and oxygen atoms in total. The van der Waals surface area contributed by atoms with Crippen LogP contribution in [0.4, 0.5) is 4.39 Å². The Morgan fingerprint density at radius 2 is 1.74 bits per heavy atom. The highest BCUT2D eigenvalue weighted by Crippen LogP contribution is 2.31. The molecule has 0 aliphatic carbocycles. The first-order valence-electron chi connectivity index (χ1n) is 11.0. The van der Waals surface area contributed by atoms with Crippen LogP contribution in [0, 0.1) is 12.7 Å². The van der Waals surface area contributed by atoms with Gasteiger partial charge in [-0.2, -0.15) is 0 Å². The van der Waals surface area contributed by atoms with E-state index >= 15 is 0 Å². The van der Waals surface area contributed by atoms with E-state index in [9.17, 15) is 24.3 Å². The van der Waals surface area contributed by atoms with Crippen LogP contribution in [0.1, 0.15) is 46.9 Å². The number of amides is 1. The number of pyridine rings is 1. The quantitative estimate of drug-likeness (QED) is 0.258. The van der Waals surface area contributed by atoms with Gasteiger partial charge in [-0.05, 0) is 43.5 Å². The Labute approximate surface area is 202 Å². The normalized spacial score (nSPS) is 13.4. The maximum absolute atomic E-state index is 13.9. The standard InChI is InChI=1S/C26H27FN2O6/c1-15-14-19(10-11-20(15)27)22(18-8-6-5-7-9-18)17(3)35-26(32)16(2)28-25(31)23-24(30)21(34-4)12-13-29(23)33/h5-14,16-17,22H,1-4H3,(H2-,28,30,31,33)/p+1/t16-,17-,22-/m0/s1. The smallest absolute Gasteiger partial charge is 0.366 e. The van der Waals surface area contributed by atoms with Gasteiger partial charge in [0.1, 0.15) is 18.0 Å². The lowest BCUT2D eigenvalue weighted by atomic mass is 9.86. The summed E-state index contributed by atoms with van der Waals surface area (Å²) in [4.78, 5) is 25.5. The lowest BCUT2D eigenvalue weighted by Crippen LogP contribution is -2.47. The third-order valence-corrected chi connectivity index (χ3v) is 5.66. The van der Waals surface area contributed by atoms with Gasteiger partial charge in [0.2, 0.25) is 11.9 Å². The molecule has 0 radical (unpaired) electrons. The first kappa shape index (κ1) is 25.5. The summed E-state index contributed by atoms with van der Waals surface area (Å²) in [5, 5.41) is 22.5. The number of aryl methyl sites for hydroxylation is 1. The van der Waals surface area contributed by atoms with Crippen molar-refractivity contribution in [2.75, 3.05) is 7.11 Å². The molecule has 0 aliphatic rings. The zero-order valence-corrected chi connectivity index (χ0v) is 19.9. The first-order valence-corrected chi connectivity index (χ1v) is 11.0. The van der Waals surface area contributed by atoms with E-state index in [4.69, 9.17) is 9.47 Å². The van der Waals surface area contributed by atoms with Crippen LogP contribution >= 0.6 is 0 Å². The van der Waals surface area contributed by atoms with Crippen LogP contribution in [0.2, 0.25) is 0 Å². The minimum Gasteiger partial charge on any atom is -0.499 e. The van der Waals surface area contributed by atoms with Crippen molar-refractivity contribution in [3.63, 3.8) is 0 Å². The molecule has 9 heteroatoms. The second-order valence-corrected chi connectivity index (χ2v) is 8.16. The molecule has 3 atom stereocenters. The van der Waals surface area contributed by atoms with E-state index in [0.717, 1.165) is 17.3 Å². The zero-order valence-electron chi connectivity index (χ0n) is 19.9. The lowest BCUT2D eigenvalue weighted by molar-refractivity contribution is -0.906. The first-order chi connectivity index (χ1) is 16.6. The van der Waals surface area contributed by atoms with E-state index in [2.05, 4.69) is 5.32 Å². The van der Waals surface area contributed by atoms with Gasteiger partial charge in [-0.25, -0.2) is 9.18 Å². The second-order valence-electron chi connectivity index (χ2n) is 8.16. The largest absolute Gasteiger partial charge is 0.499 e. The minimum atomic E-state index is -1.11. The van der Waals surface area contributed by atoms with Gasteiger partial charge in [-0.1, -0.05) is 42.5 Å². The van der Waals surface area contributed by atoms with Gasteiger partial charge >= 0.3 is 17.6 Å². The number of methoxy groups -OCH3 is 1. The number of carbonyl (C=O) groups is 2. The predicted molar refractivity (Wildman–Crippen MR) is 124 cm³/mol. The summed E-state index contributed by atoms with van der Waals surface area (Å²) in [5.41, 5.74) is 1.62. The van der Waals surface area contributed by atoms with Crippen LogP contribution in [-0.4, -0.2) is 41.4 Å². The predicted octanol–water partition coefficient (Wildman–Crippen LogP) is 3.26. The number of aromatic nitrogens is 1. The number of carbonyl (C=O) groups excluding carboxylic acids is 2. The fourth-order valence-electron chi connectivity index (χ4n) is 3.83. The topological polar surface area (TPSA) is 109 Å². The van der Waals surface area contributed by atoms with Gasteiger partial charge in [0.15, 0.2) is 5.75 Å². The van der Waals surface area contributed by atoms with Crippen LogP contribution in [-0.2, 0) is 9.53 Å². The summed E-state index contributed by atoms with van der Waals surface area (Å²) in [6.45, 7) is 4.81. The lowest BCUT2D eigenvalue weighted by Gasteiger charge is -2.26. The monoisotopic (exact) mass is 483 g/mol. The number of benzene rings is 2. The van der Waals surface area contributed by atoms with Crippen molar-refractivity contribution < 1.29 is 38.5 Å². The fraction of sp³-hybridized carbons (Fsp3) is 0.269. The highest BCUT2D eigenvalue weighted by atomic mass is 19.1. The molecule has 0 bridgehead atoms. The molecule has 1 amide bonds. The van der Waals surface area contributed by atoms with E-state index in [1.807, 2.05) is 30.3 Å². The Hall–Kier alpha value is -4.14. The number of hydrogen-bond acceptors (Lipinski definition) is 6. The van der Waals surface area contributed by atoms with Gasteiger partial charge in [-0.3, -0.25) is 10.0 Å². The number of rotatable bonds is 8. The molecule has 1 aromatic heterocycles. The average molecular weight is 484 g/mol. The van der Waals surface area contributed by atoms with Crippen molar-refractivity contribution in [1.82, 2.24) is 5.32 Å². The van der Waals surface area contributed by atoms with E-state index in [1.54, 1.807) is 26.0 Å². The Morgan fingerprint density at radius 3 is 2.37 bits per heavy atom. The van der Waals surface area contributed by atoms with E-state index in [0.29, 0.717) is 10.3 Å². The number of halogens is 1. The van der Waals surface area contributed by atoms with Crippen LogP contribution in [0.25, 0.3) is 0 Å². The molecule has 3 aromatic rings. The van der Waals surface area contributed by atoms with Crippen LogP contribution in [0.15, 0.2) is 60.8 Å². The highest BCUT2D eigenvalue weighted by molar-refractivity contribution is 5.96. The Morgan fingerprint density at radius 1 is 1.06 bits per heavy atom. The number of nitrogens with zero attached hydrogens (tertiary/aromatic N) is 1. The van der Waals surface area contributed by atoms with Gasteiger partial charge in [0.05, 0.1) is 13.2 Å². The molecule has 0 saturated carbocycles. The third kappa shape index (κ3) is 5.68. The van der Waals surface area contributed by atoms with Gasteiger partial charge < -0.3 is 19.9 Å². The molecule has 1 heterocycles.